The first-order chi connectivity index (χ1) is 22.8. The van der Waals surface area contributed by atoms with Gasteiger partial charge in [0.25, 0.3) is 0 Å². The Morgan fingerprint density at radius 2 is 1.09 bits per heavy atom. The third-order valence-corrected chi connectivity index (χ3v) is 7.44. The van der Waals surface area contributed by atoms with Gasteiger partial charge in [-0.2, -0.15) is 0 Å². The van der Waals surface area contributed by atoms with E-state index in [1.54, 1.807) is 105 Å². The van der Waals surface area contributed by atoms with E-state index in [2.05, 4.69) is 0 Å². The molecule has 5 atom stereocenters. The van der Waals surface area contributed by atoms with E-state index in [1.165, 1.54) is 11.1 Å². The van der Waals surface area contributed by atoms with Gasteiger partial charge in [-0.25, -0.2) is 24.0 Å². The summed E-state index contributed by atoms with van der Waals surface area (Å²) < 4.78 is 33.9. The molecule has 2 bridgehead atoms. The van der Waals surface area contributed by atoms with Crippen LogP contribution >= 0.6 is 0 Å². The second kappa shape index (κ2) is 15.2. The van der Waals surface area contributed by atoms with Crippen molar-refractivity contribution in [1.82, 2.24) is 4.90 Å². The van der Waals surface area contributed by atoms with Gasteiger partial charge in [0.05, 0.1) is 29.9 Å². The first kappa shape index (κ1) is 32.9. The van der Waals surface area contributed by atoms with Crippen LogP contribution in [0.4, 0.5) is 0 Å². The Kier molecular flexibility index (Phi) is 10.6. The largest absolute Gasteiger partial charge is 0.462 e. The quantitative estimate of drug-likeness (QED) is 0.0933. The molecule has 0 saturated carbocycles. The van der Waals surface area contributed by atoms with Crippen molar-refractivity contribution in [1.29, 1.82) is 0 Å². The predicted molar refractivity (Wildman–Crippen MR) is 164 cm³/mol. The van der Waals surface area contributed by atoms with E-state index in [4.69, 9.17) is 28.4 Å². The summed E-state index contributed by atoms with van der Waals surface area (Å²) in [6, 6.07) is 23.7. The lowest BCUT2D eigenvalue weighted by atomic mass is 10.0. The average Bonchev–Trinajstić information content (AvgIpc) is 3.58. The highest BCUT2D eigenvalue weighted by Gasteiger charge is 2.63. The van der Waals surface area contributed by atoms with Crippen LogP contribution in [0.2, 0.25) is 0 Å². The van der Waals surface area contributed by atoms with Crippen LogP contribution in [-0.4, -0.2) is 85.1 Å². The molecule has 12 heteroatoms. The second-order valence-electron chi connectivity index (χ2n) is 10.4. The summed E-state index contributed by atoms with van der Waals surface area (Å²) in [6.45, 7) is 2.82. The van der Waals surface area contributed by atoms with Crippen LogP contribution in [0.3, 0.4) is 0 Å². The minimum absolute atomic E-state index is 0.0222. The lowest BCUT2D eigenvalue weighted by molar-refractivity contribution is -0.147. The molecule has 3 aromatic rings. The van der Waals surface area contributed by atoms with Crippen molar-refractivity contribution in [2.45, 2.75) is 44.4 Å². The van der Waals surface area contributed by atoms with Gasteiger partial charge in [-0.05, 0) is 50.2 Å². The normalized spacial score (nSPS) is 20.9. The maximum atomic E-state index is 13.4. The number of esters is 5. The minimum atomic E-state index is -1.23. The van der Waals surface area contributed by atoms with Crippen molar-refractivity contribution in [3.63, 3.8) is 0 Å². The number of carbonyl (C=O) groups excluding carboxylic acids is 5. The van der Waals surface area contributed by atoms with Crippen LogP contribution in [0, 0.1) is 0 Å². The van der Waals surface area contributed by atoms with Crippen LogP contribution in [0.15, 0.2) is 103 Å². The summed E-state index contributed by atoms with van der Waals surface area (Å²) in [4.78, 5) is 66.8. The highest BCUT2D eigenvalue weighted by atomic mass is 16.6. The van der Waals surface area contributed by atoms with Gasteiger partial charge in [0.1, 0.15) is 18.8 Å². The standard InChI is InChI=1S/C35H33NO11/c1-3-42-34(40)25(35(41)43-4-2)20-36-27-26(21-44-31(37)22-14-8-5-9-15-22)45-30(36)29(47-33(39)24-18-12-7-13-19-24)28(27)46-32(38)23-16-10-6-11-17-23/h5-20,26-30H,3-4,21H2,1-2H3/t26-,27+,28+,29-,30-/m1/s1. The summed E-state index contributed by atoms with van der Waals surface area (Å²) >= 11 is 0. The molecule has 2 heterocycles. The fourth-order valence-electron chi connectivity index (χ4n) is 5.34. The van der Waals surface area contributed by atoms with E-state index in [0.717, 1.165) is 0 Å². The molecule has 0 aliphatic carbocycles. The van der Waals surface area contributed by atoms with Gasteiger partial charge < -0.3 is 33.3 Å². The molecular formula is C35H33NO11. The van der Waals surface area contributed by atoms with E-state index in [1.807, 2.05) is 0 Å². The maximum Gasteiger partial charge on any atom is 0.347 e. The third-order valence-electron chi connectivity index (χ3n) is 7.44. The summed E-state index contributed by atoms with van der Waals surface area (Å²) in [7, 11) is 0. The van der Waals surface area contributed by atoms with Crippen LogP contribution in [0.1, 0.15) is 44.9 Å². The lowest BCUT2D eigenvalue weighted by Crippen LogP contribution is -2.51. The van der Waals surface area contributed by atoms with Crippen LogP contribution in [0.25, 0.3) is 0 Å². The van der Waals surface area contributed by atoms with Gasteiger partial charge in [0.2, 0.25) is 0 Å². The molecule has 2 aliphatic rings. The van der Waals surface area contributed by atoms with Crippen LogP contribution < -0.4 is 0 Å². The zero-order valence-electron chi connectivity index (χ0n) is 25.7. The van der Waals surface area contributed by atoms with E-state index >= 15 is 0 Å². The first-order valence-corrected chi connectivity index (χ1v) is 15.1. The number of hydrogen-bond acceptors (Lipinski definition) is 12. The molecule has 0 spiro atoms. The molecule has 0 radical (unpaired) electrons. The van der Waals surface area contributed by atoms with Crippen LogP contribution in [0.5, 0.6) is 0 Å². The molecule has 12 nitrogen and oxygen atoms in total. The zero-order valence-corrected chi connectivity index (χ0v) is 25.7. The second-order valence-corrected chi connectivity index (χ2v) is 10.4. The van der Waals surface area contributed by atoms with Crippen molar-refractivity contribution in [3.8, 4) is 0 Å². The molecule has 244 valence electrons. The Morgan fingerprint density at radius 1 is 0.638 bits per heavy atom. The summed E-state index contributed by atoms with van der Waals surface area (Å²) in [5, 5.41) is 0. The summed E-state index contributed by atoms with van der Waals surface area (Å²) in [5.41, 5.74) is 0.313. The number of benzene rings is 3. The fourth-order valence-corrected chi connectivity index (χ4v) is 5.34. The Labute approximate surface area is 270 Å². The summed E-state index contributed by atoms with van der Waals surface area (Å²) in [6.07, 6.45) is -3.38. The fraction of sp³-hybridized carbons (Fsp3) is 0.286. The van der Waals surface area contributed by atoms with Crippen molar-refractivity contribution in [2.24, 2.45) is 0 Å². The number of ether oxygens (including phenoxy) is 6. The molecule has 2 aliphatic heterocycles. The smallest absolute Gasteiger partial charge is 0.347 e. The number of fused-ring (bicyclic) bond motifs is 2. The van der Waals surface area contributed by atoms with Crippen molar-refractivity contribution in [3.05, 3.63) is 119 Å². The van der Waals surface area contributed by atoms with Crippen LogP contribution in [-0.2, 0) is 38.0 Å². The third kappa shape index (κ3) is 7.50. The SMILES string of the molecule is CCOC(=O)C(=CN1[C@@H]2[C@H](OC(=O)c3ccccc3)[C@@H](OC(=O)c3ccccc3)[C@H]1O[C@@H]2COC(=O)c1ccccc1)C(=O)OCC. The molecule has 47 heavy (non-hydrogen) atoms. The molecule has 2 fully saturated rings. The Balaban J connectivity index is 1.53. The highest BCUT2D eigenvalue weighted by Crippen LogP contribution is 2.42. The van der Waals surface area contributed by atoms with Gasteiger partial charge in [-0.1, -0.05) is 54.6 Å². The molecule has 0 amide bonds. The minimum Gasteiger partial charge on any atom is -0.462 e. The summed E-state index contributed by atoms with van der Waals surface area (Å²) in [5.74, 6) is -3.98. The van der Waals surface area contributed by atoms with E-state index in [0.29, 0.717) is 5.56 Å². The van der Waals surface area contributed by atoms with Gasteiger partial charge >= 0.3 is 29.8 Å². The maximum absolute atomic E-state index is 13.4. The average molecular weight is 644 g/mol. The molecule has 0 aromatic heterocycles. The molecule has 5 rings (SSSR count). The first-order valence-electron chi connectivity index (χ1n) is 15.1. The number of rotatable bonds is 12. The van der Waals surface area contributed by atoms with E-state index in [9.17, 15) is 24.0 Å². The number of carbonyl (C=O) groups is 5. The Bertz CT molecular complexity index is 1590. The van der Waals surface area contributed by atoms with Crippen molar-refractivity contribution >= 4 is 29.8 Å². The number of nitrogens with zero attached hydrogens (tertiary/aromatic N) is 1. The topological polar surface area (TPSA) is 144 Å². The molecule has 3 aromatic carbocycles. The number of hydrogen-bond donors (Lipinski definition) is 0. The molecule has 0 unspecified atom stereocenters. The van der Waals surface area contributed by atoms with E-state index < -0.39 is 66.0 Å². The highest BCUT2D eigenvalue weighted by molar-refractivity contribution is 6.14. The molecule has 2 saturated heterocycles. The van der Waals surface area contributed by atoms with Crippen molar-refractivity contribution in [2.75, 3.05) is 19.8 Å². The van der Waals surface area contributed by atoms with Gasteiger partial charge in [0.15, 0.2) is 24.0 Å². The van der Waals surface area contributed by atoms with E-state index in [-0.39, 0.29) is 30.9 Å². The zero-order chi connectivity index (χ0) is 33.3. The Hall–Kier alpha value is -5.49. The van der Waals surface area contributed by atoms with Gasteiger partial charge in [-0.15, -0.1) is 0 Å². The lowest BCUT2D eigenvalue weighted by Gasteiger charge is -2.32. The predicted octanol–water partition coefficient (Wildman–Crippen LogP) is 3.71. The van der Waals surface area contributed by atoms with Gasteiger partial charge in [0, 0.05) is 6.20 Å². The monoisotopic (exact) mass is 643 g/mol. The molecular weight excluding hydrogens is 610 g/mol. The van der Waals surface area contributed by atoms with Gasteiger partial charge in [-0.3, -0.25) is 0 Å². The Morgan fingerprint density at radius 3 is 1.55 bits per heavy atom. The molecule has 0 N–H and O–H groups in total. The van der Waals surface area contributed by atoms with Crippen molar-refractivity contribution < 1.29 is 52.4 Å².